The van der Waals surface area contributed by atoms with E-state index in [9.17, 15) is 0 Å². The zero-order chi connectivity index (χ0) is 12.4. The first-order chi connectivity index (χ1) is 8.10. The van der Waals surface area contributed by atoms with E-state index in [1.807, 2.05) is 6.92 Å². The van der Waals surface area contributed by atoms with Crippen molar-refractivity contribution in [3.63, 3.8) is 0 Å². The molecule has 0 aliphatic carbocycles. The van der Waals surface area contributed by atoms with Crippen LogP contribution in [0.1, 0.15) is 25.1 Å². The van der Waals surface area contributed by atoms with Crippen LogP contribution in [0.3, 0.4) is 0 Å². The number of aliphatic hydroxyl groups excluding tert-OH is 1. The molecule has 0 amide bonds. The number of ether oxygens (including phenoxy) is 1. The molecule has 5 nitrogen and oxygen atoms in total. The van der Waals surface area contributed by atoms with Crippen molar-refractivity contribution in [2.45, 2.75) is 39.6 Å². The predicted octanol–water partition coefficient (Wildman–Crippen LogP) is 0.891. The molecule has 1 aliphatic rings. The van der Waals surface area contributed by atoms with Crippen LogP contribution in [0, 0.1) is 6.92 Å². The average Bonchev–Trinajstić information content (AvgIpc) is 2.27. The zero-order valence-corrected chi connectivity index (χ0v) is 10.6. The summed E-state index contributed by atoms with van der Waals surface area (Å²) < 4.78 is 5.68. The van der Waals surface area contributed by atoms with Crippen molar-refractivity contribution >= 4 is 5.95 Å². The van der Waals surface area contributed by atoms with E-state index in [-0.39, 0.29) is 18.8 Å². The lowest BCUT2D eigenvalue weighted by Crippen LogP contribution is -2.46. The molecule has 1 N–H and O–H groups in total. The van der Waals surface area contributed by atoms with Gasteiger partial charge in [-0.15, -0.1) is 0 Å². The van der Waals surface area contributed by atoms with E-state index in [0.717, 1.165) is 30.3 Å². The van der Waals surface area contributed by atoms with E-state index in [1.165, 1.54) is 0 Å². The van der Waals surface area contributed by atoms with Crippen LogP contribution in [0.25, 0.3) is 0 Å². The van der Waals surface area contributed by atoms with E-state index in [2.05, 4.69) is 28.7 Å². The minimum absolute atomic E-state index is 0.0119. The number of aliphatic hydroxyl groups is 1. The minimum atomic E-state index is -0.0119. The van der Waals surface area contributed by atoms with Crippen molar-refractivity contribution in [1.82, 2.24) is 9.97 Å². The summed E-state index contributed by atoms with van der Waals surface area (Å²) in [6.45, 7) is 7.60. The fourth-order valence-corrected chi connectivity index (χ4v) is 2.13. The molecule has 1 aromatic rings. The fraction of sp³-hybridized carbons (Fsp3) is 0.667. The quantitative estimate of drug-likeness (QED) is 0.828. The van der Waals surface area contributed by atoms with Gasteiger partial charge in [-0.05, 0) is 20.8 Å². The van der Waals surface area contributed by atoms with Crippen molar-refractivity contribution in [1.29, 1.82) is 0 Å². The smallest absolute Gasteiger partial charge is 0.225 e. The van der Waals surface area contributed by atoms with Gasteiger partial charge < -0.3 is 14.7 Å². The number of aromatic nitrogens is 2. The van der Waals surface area contributed by atoms with Gasteiger partial charge >= 0.3 is 0 Å². The molecule has 0 aromatic carbocycles. The second kappa shape index (κ2) is 4.98. The Labute approximate surface area is 101 Å². The van der Waals surface area contributed by atoms with Gasteiger partial charge in [0.25, 0.3) is 0 Å². The SMILES string of the molecule is Cc1nc(N2C[C@@H](C)O[C@@H](C)C2)ncc1CO. The van der Waals surface area contributed by atoms with Gasteiger partial charge in [0.05, 0.1) is 18.8 Å². The van der Waals surface area contributed by atoms with Gasteiger partial charge in [-0.25, -0.2) is 9.97 Å². The first-order valence-electron chi connectivity index (χ1n) is 5.94. The van der Waals surface area contributed by atoms with Gasteiger partial charge in [0.1, 0.15) is 0 Å². The van der Waals surface area contributed by atoms with Gasteiger partial charge in [0.15, 0.2) is 0 Å². The van der Waals surface area contributed by atoms with E-state index in [0.29, 0.717) is 0 Å². The van der Waals surface area contributed by atoms with Crippen molar-refractivity contribution in [2.24, 2.45) is 0 Å². The van der Waals surface area contributed by atoms with Gasteiger partial charge in [-0.1, -0.05) is 0 Å². The van der Waals surface area contributed by atoms with Crippen LogP contribution in [0.5, 0.6) is 0 Å². The van der Waals surface area contributed by atoms with Crippen LogP contribution in [0.4, 0.5) is 5.95 Å². The van der Waals surface area contributed by atoms with Crippen LogP contribution >= 0.6 is 0 Å². The fourth-order valence-electron chi connectivity index (χ4n) is 2.13. The molecular weight excluding hydrogens is 218 g/mol. The summed E-state index contributed by atoms with van der Waals surface area (Å²) in [5.74, 6) is 0.724. The molecule has 0 bridgehead atoms. The molecule has 0 unspecified atom stereocenters. The molecule has 0 radical (unpaired) electrons. The molecule has 17 heavy (non-hydrogen) atoms. The highest BCUT2D eigenvalue weighted by molar-refractivity contribution is 5.33. The second-order valence-electron chi connectivity index (χ2n) is 4.60. The van der Waals surface area contributed by atoms with Crippen LogP contribution in [-0.2, 0) is 11.3 Å². The maximum atomic E-state index is 9.09. The Balaban J connectivity index is 2.19. The number of rotatable bonds is 2. The van der Waals surface area contributed by atoms with E-state index in [1.54, 1.807) is 6.20 Å². The molecule has 2 atom stereocenters. The number of hydrogen-bond donors (Lipinski definition) is 1. The Bertz CT molecular complexity index is 387. The van der Waals surface area contributed by atoms with Crippen molar-refractivity contribution in [3.05, 3.63) is 17.5 Å². The summed E-state index contributed by atoms with van der Waals surface area (Å²) in [6.07, 6.45) is 2.09. The molecule has 0 saturated carbocycles. The van der Waals surface area contributed by atoms with Crippen LogP contribution in [-0.4, -0.2) is 40.4 Å². The highest BCUT2D eigenvalue weighted by atomic mass is 16.5. The van der Waals surface area contributed by atoms with E-state index < -0.39 is 0 Å². The van der Waals surface area contributed by atoms with Crippen LogP contribution < -0.4 is 4.90 Å². The highest BCUT2D eigenvalue weighted by Gasteiger charge is 2.24. The zero-order valence-electron chi connectivity index (χ0n) is 10.6. The summed E-state index contributed by atoms with van der Waals surface area (Å²) in [7, 11) is 0. The van der Waals surface area contributed by atoms with Gasteiger partial charge in [-0.2, -0.15) is 0 Å². The third-order valence-corrected chi connectivity index (χ3v) is 2.94. The molecule has 0 spiro atoms. The normalized spacial score (nSPS) is 25.1. The highest BCUT2D eigenvalue weighted by Crippen LogP contribution is 2.17. The Morgan fingerprint density at radius 3 is 2.59 bits per heavy atom. The largest absolute Gasteiger partial charge is 0.392 e. The molecular formula is C12H19N3O2. The molecule has 1 aromatic heterocycles. The summed E-state index contributed by atoms with van der Waals surface area (Å²) in [5, 5.41) is 9.09. The molecule has 1 saturated heterocycles. The third-order valence-electron chi connectivity index (χ3n) is 2.94. The van der Waals surface area contributed by atoms with Crippen molar-refractivity contribution < 1.29 is 9.84 Å². The lowest BCUT2D eigenvalue weighted by Gasteiger charge is -2.35. The molecule has 2 heterocycles. The maximum Gasteiger partial charge on any atom is 0.225 e. The standard InChI is InChI=1S/C12H19N3O2/c1-8-5-15(6-9(2)17-8)12-13-4-11(7-16)10(3)14-12/h4,8-9,16H,5-7H2,1-3H3/t8-,9+. The topological polar surface area (TPSA) is 58.5 Å². The Hall–Kier alpha value is -1.20. The third kappa shape index (κ3) is 2.73. The molecule has 2 rings (SSSR count). The second-order valence-corrected chi connectivity index (χ2v) is 4.60. The number of nitrogens with zero attached hydrogens (tertiary/aromatic N) is 3. The Morgan fingerprint density at radius 2 is 2.06 bits per heavy atom. The van der Waals surface area contributed by atoms with Crippen LogP contribution in [0.2, 0.25) is 0 Å². The molecule has 1 fully saturated rings. The number of hydrogen-bond acceptors (Lipinski definition) is 5. The summed E-state index contributed by atoms with van der Waals surface area (Å²) in [6, 6.07) is 0. The summed E-state index contributed by atoms with van der Waals surface area (Å²) in [4.78, 5) is 10.9. The van der Waals surface area contributed by atoms with E-state index in [4.69, 9.17) is 9.84 Å². The molecule has 5 heteroatoms. The van der Waals surface area contributed by atoms with Gasteiger partial charge in [0.2, 0.25) is 5.95 Å². The van der Waals surface area contributed by atoms with Gasteiger partial charge in [0, 0.05) is 30.5 Å². The first kappa shape index (κ1) is 12.3. The number of aryl methyl sites for hydroxylation is 1. The molecule has 1 aliphatic heterocycles. The summed E-state index contributed by atoms with van der Waals surface area (Å²) in [5.41, 5.74) is 1.62. The van der Waals surface area contributed by atoms with Gasteiger partial charge in [-0.3, -0.25) is 0 Å². The number of anilines is 1. The lowest BCUT2D eigenvalue weighted by molar-refractivity contribution is -0.00573. The monoisotopic (exact) mass is 237 g/mol. The van der Waals surface area contributed by atoms with Crippen LogP contribution in [0.15, 0.2) is 6.20 Å². The Morgan fingerprint density at radius 1 is 1.41 bits per heavy atom. The maximum absolute atomic E-state index is 9.09. The predicted molar refractivity (Wildman–Crippen MR) is 64.9 cm³/mol. The average molecular weight is 237 g/mol. The van der Waals surface area contributed by atoms with E-state index >= 15 is 0 Å². The lowest BCUT2D eigenvalue weighted by atomic mass is 10.2. The summed E-state index contributed by atoms with van der Waals surface area (Å²) >= 11 is 0. The number of morpholine rings is 1. The minimum Gasteiger partial charge on any atom is -0.392 e. The van der Waals surface area contributed by atoms with Crippen molar-refractivity contribution in [3.8, 4) is 0 Å². The first-order valence-corrected chi connectivity index (χ1v) is 5.94. The Kier molecular flexibility index (Phi) is 3.59. The molecule has 94 valence electrons. The van der Waals surface area contributed by atoms with Crippen molar-refractivity contribution in [2.75, 3.05) is 18.0 Å².